The number of ether oxygens (including phenoxy) is 1. The summed E-state index contributed by atoms with van der Waals surface area (Å²) in [7, 11) is 1.32. The molecule has 6 heteroatoms. The van der Waals surface area contributed by atoms with Crippen LogP contribution in [0.5, 0.6) is 5.75 Å². The van der Waals surface area contributed by atoms with E-state index in [1.165, 1.54) is 18.4 Å². The van der Waals surface area contributed by atoms with Gasteiger partial charge in [-0.2, -0.15) is 0 Å². The molecule has 2 rings (SSSR count). The number of phenols is 1. The number of carbonyl (C=O) groups is 2. The Hall–Kier alpha value is -2.18. The Morgan fingerprint density at radius 1 is 1.11 bits per heavy atom. The highest BCUT2D eigenvalue weighted by Crippen LogP contribution is 2.44. The van der Waals surface area contributed by atoms with E-state index in [-0.39, 0.29) is 24.3 Å². The quantitative estimate of drug-likeness (QED) is 0.486. The number of carbonyl (C=O) groups excluding carboxylic acids is 2. The first-order chi connectivity index (χ1) is 13.3. The molecule has 0 amide bonds. The van der Waals surface area contributed by atoms with Crippen molar-refractivity contribution < 1.29 is 19.4 Å². The Bertz CT molecular complexity index is 852. The molecule has 1 aromatic carbocycles. The van der Waals surface area contributed by atoms with Crippen molar-refractivity contribution in [3.63, 3.8) is 0 Å². The van der Waals surface area contributed by atoms with Gasteiger partial charge in [0.25, 0.3) is 0 Å². The zero-order valence-corrected chi connectivity index (χ0v) is 18.0. The Balaban J connectivity index is 2.34. The summed E-state index contributed by atoms with van der Waals surface area (Å²) in [6.07, 6.45) is 1.78. The highest BCUT2D eigenvalue weighted by Gasteiger charge is 2.34. The molecular weight excluding hydrogens is 374 g/mol. The minimum absolute atomic E-state index is 0.0141. The number of Topliss-reactive ketones (excluding diaryl/α,β-unsaturated/α-hetero) is 1. The number of rotatable bonds is 9. The fourth-order valence-electron chi connectivity index (χ4n) is 3.53. The van der Waals surface area contributed by atoms with Crippen LogP contribution in [0.4, 0.5) is 0 Å². The Kier molecular flexibility index (Phi) is 7.38. The fraction of sp³-hybridized carbons (Fsp3) is 0.455. The van der Waals surface area contributed by atoms with Crippen molar-refractivity contribution in [2.45, 2.75) is 46.0 Å². The standard InChI is InChI=1S/C22H29NO4S/c1-6-22(7-2,16-8-9-17(24)14(3)10-16)19-11-15(4)21(28-19)18(25)12-23-13-20(26)27-5/h8-11,23-24H,6-7,12-13H2,1-5H3. The van der Waals surface area contributed by atoms with Crippen molar-refractivity contribution >= 4 is 23.1 Å². The number of ketones is 1. The molecule has 2 aromatic rings. The van der Waals surface area contributed by atoms with Crippen LogP contribution in [-0.4, -0.2) is 37.1 Å². The van der Waals surface area contributed by atoms with E-state index in [1.807, 2.05) is 26.0 Å². The second kappa shape index (κ2) is 9.34. The summed E-state index contributed by atoms with van der Waals surface area (Å²) >= 11 is 1.52. The van der Waals surface area contributed by atoms with Gasteiger partial charge in [-0.15, -0.1) is 11.3 Å². The predicted molar refractivity (Wildman–Crippen MR) is 112 cm³/mol. The van der Waals surface area contributed by atoms with E-state index in [0.717, 1.165) is 34.4 Å². The number of phenolic OH excluding ortho intramolecular Hbond substituents is 1. The maximum atomic E-state index is 12.7. The lowest BCUT2D eigenvalue weighted by molar-refractivity contribution is -0.139. The molecule has 1 heterocycles. The lowest BCUT2D eigenvalue weighted by atomic mass is 9.74. The summed E-state index contributed by atoms with van der Waals surface area (Å²) < 4.78 is 4.58. The molecule has 0 fully saturated rings. The minimum Gasteiger partial charge on any atom is -0.508 e. The van der Waals surface area contributed by atoms with E-state index in [1.54, 1.807) is 6.07 Å². The van der Waals surface area contributed by atoms with E-state index < -0.39 is 5.97 Å². The van der Waals surface area contributed by atoms with Gasteiger partial charge in [0.1, 0.15) is 5.75 Å². The fourth-order valence-corrected chi connectivity index (χ4v) is 4.99. The van der Waals surface area contributed by atoms with E-state index in [4.69, 9.17) is 0 Å². The van der Waals surface area contributed by atoms with Crippen LogP contribution in [0.3, 0.4) is 0 Å². The summed E-state index contributed by atoms with van der Waals surface area (Å²) in [4.78, 5) is 25.7. The molecule has 0 aliphatic heterocycles. The lowest BCUT2D eigenvalue weighted by Crippen LogP contribution is -2.29. The normalized spacial score (nSPS) is 11.5. The molecular formula is C22H29NO4S. The monoisotopic (exact) mass is 403 g/mol. The molecule has 152 valence electrons. The highest BCUT2D eigenvalue weighted by atomic mass is 32.1. The topological polar surface area (TPSA) is 75.6 Å². The van der Waals surface area contributed by atoms with Gasteiger partial charge in [0.2, 0.25) is 0 Å². The van der Waals surface area contributed by atoms with Gasteiger partial charge in [-0.3, -0.25) is 14.9 Å². The number of aromatic hydroxyl groups is 1. The van der Waals surface area contributed by atoms with Gasteiger partial charge >= 0.3 is 5.97 Å². The van der Waals surface area contributed by atoms with Gasteiger partial charge in [0, 0.05) is 10.3 Å². The first-order valence-corrected chi connectivity index (χ1v) is 10.3. The van der Waals surface area contributed by atoms with Crippen LogP contribution < -0.4 is 5.32 Å². The van der Waals surface area contributed by atoms with E-state index in [2.05, 4.69) is 30.0 Å². The van der Waals surface area contributed by atoms with Gasteiger partial charge in [-0.1, -0.05) is 26.0 Å². The van der Waals surface area contributed by atoms with Gasteiger partial charge in [-0.05, 0) is 55.5 Å². The molecule has 0 unspecified atom stereocenters. The summed E-state index contributed by atoms with van der Waals surface area (Å²) in [5.74, 6) is -0.129. The molecule has 2 N–H and O–H groups in total. The third-order valence-electron chi connectivity index (χ3n) is 5.38. The molecule has 28 heavy (non-hydrogen) atoms. The Morgan fingerprint density at radius 2 is 1.79 bits per heavy atom. The second-order valence-electron chi connectivity index (χ2n) is 7.02. The zero-order valence-electron chi connectivity index (χ0n) is 17.2. The van der Waals surface area contributed by atoms with Crippen LogP contribution in [0.15, 0.2) is 24.3 Å². The van der Waals surface area contributed by atoms with Crippen molar-refractivity contribution in [2.24, 2.45) is 0 Å². The predicted octanol–water partition coefficient (Wildman–Crippen LogP) is 4.12. The Labute approximate surface area is 170 Å². The van der Waals surface area contributed by atoms with Gasteiger partial charge in [0.05, 0.1) is 25.1 Å². The second-order valence-corrected chi connectivity index (χ2v) is 8.07. The van der Waals surface area contributed by atoms with E-state index in [0.29, 0.717) is 10.6 Å². The van der Waals surface area contributed by atoms with Crippen molar-refractivity contribution in [2.75, 3.05) is 20.2 Å². The molecule has 0 aliphatic carbocycles. The molecule has 0 spiro atoms. The Morgan fingerprint density at radius 3 is 2.36 bits per heavy atom. The van der Waals surface area contributed by atoms with E-state index >= 15 is 0 Å². The van der Waals surface area contributed by atoms with Crippen LogP contribution in [0.2, 0.25) is 0 Å². The average Bonchev–Trinajstić information content (AvgIpc) is 3.07. The minimum atomic E-state index is -0.393. The van der Waals surface area contributed by atoms with Crippen LogP contribution in [0.1, 0.15) is 57.9 Å². The van der Waals surface area contributed by atoms with Crippen LogP contribution in [-0.2, 0) is 14.9 Å². The van der Waals surface area contributed by atoms with Crippen molar-refractivity contribution in [1.82, 2.24) is 5.32 Å². The third-order valence-corrected chi connectivity index (χ3v) is 6.86. The summed E-state index contributed by atoms with van der Waals surface area (Å²) in [5.41, 5.74) is 2.75. The van der Waals surface area contributed by atoms with Gasteiger partial charge in [-0.25, -0.2) is 0 Å². The molecule has 0 radical (unpaired) electrons. The molecule has 0 atom stereocenters. The molecule has 5 nitrogen and oxygen atoms in total. The zero-order chi connectivity index (χ0) is 20.9. The average molecular weight is 404 g/mol. The van der Waals surface area contributed by atoms with E-state index in [9.17, 15) is 14.7 Å². The number of esters is 1. The summed E-state index contributed by atoms with van der Waals surface area (Å²) in [5, 5.41) is 12.7. The molecule has 0 saturated heterocycles. The van der Waals surface area contributed by atoms with Crippen molar-refractivity contribution in [3.8, 4) is 5.75 Å². The number of aryl methyl sites for hydroxylation is 2. The van der Waals surface area contributed by atoms with Crippen LogP contribution in [0.25, 0.3) is 0 Å². The maximum Gasteiger partial charge on any atom is 0.319 e. The highest BCUT2D eigenvalue weighted by molar-refractivity contribution is 7.14. The molecule has 1 aromatic heterocycles. The molecule has 0 aliphatic rings. The SMILES string of the molecule is CCC(CC)(c1ccc(O)c(C)c1)c1cc(C)c(C(=O)CNCC(=O)OC)s1. The number of methoxy groups -OCH3 is 1. The van der Waals surface area contributed by atoms with Crippen molar-refractivity contribution in [3.05, 3.63) is 50.7 Å². The number of benzene rings is 1. The number of hydrogen-bond acceptors (Lipinski definition) is 6. The number of thiophene rings is 1. The third kappa shape index (κ3) is 4.45. The summed E-state index contributed by atoms with van der Waals surface area (Å²) in [6, 6.07) is 7.86. The lowest BCUT2D eigenvalue weighted by Gasteiger charge is -2.32. The largest absolute Gasteiger partial charge is 0.508 e. The number of hydrogen-bond donors (Lipinski definition) is 2. The number of nitrogens with one attached hydrogen (secondary N) is 1. The molecule has 0 saturated carbocycles. The van der Waals surface area contributed by atoms with Crippen LogP contribution in [0, 0.1) is 13.8 Å². The maximum absolute atomic E-state index is 12.7. The smallest absolute Gasteiger partial charge is 0.319 e. The first kappa shape index (κ1) is 22.1. The van der Waals surface area contributed by atoms with Gasteiger partial charge in [0.15, 0.2) is 5.78 Å². The van der Waals surface area contributed by atoms with Gasteiger partial charge < -0.3 is 9.84 Å². The van der Waals surface area contributed by atoms with Crippen LogP contribution >= 0.6 is 11.3 Å². The summed E-state index contributed by atoms with van der Waals surface area (Å²) in [6.45, 7) is 8.27. The van der Waals surface area contributed by atoms with Crippen molar-refractivity contribution in [1.29, 1.82) is 0 Å². The first-order valence-electron chi connectivity index (χ1n) is 9.50. The molecule has 0 bridgehead atoms.